The van der Waals surface area contributed by atoms with Crippen molar-refractivity contribution in [1.29, 1.82) is 0 Å². The fourth-order valence-corrected chi connectivity index (χ4v) is 3.07. The van der Waals surface area contributed by atoms with Gasteiger partial charge in [-0.2, -0.15) is 0 Å². The topological polar surface area (TPSA) is 54.5 Å². The van der Waals surface area contributed by atoms with Crippen molar-refractivity contribution in [1.82, 2.24) is 19.4 Å². The predicted molar refractivity (Wildman–Crippen MR) is 75.3 cm³/mol. The third-order valence-electron chi connectivity index (χ3n) is 4.34. The molecule has 0 unspecified atom stereocenters. The maximum absolute atomic E-state index is 12.6. The third kappa shape index (κ3) is 2.25. The second-order valence-corrected chi connectivity index (χ2v) is 5.79. The van der Waals surface area contributed by atoms with Crippen molar-refractivity contribution in [2.24, 2.45) is 0 Å². The fourth-order valence-electron chi connectivity index (χ4n) is 3.07. The third-order valence-corrected chi connectivity index (χ3v) is 4.34. The molecule has 0 aromatic carbocycles. The molecule has 21 heavy (non-hydrogen) atoms. The molecule has 0 bridgehead atoms. The van der Waals surface area contributed by atoms with Crippen molar-refractivity contribution < 1.29 is 9.21 Å². The van der Waals surface area contributed by atoms with Crippen molar-refractivity contribution in [2.45, 2.75) is 25.6 Å². The summed E-state index contributed by atoms with van der Waals surface area (Å²) in [6.45, 7) is 4.12. The molecular weight excluding hydrogens is 268 g/mol. The Morgan fingerprint density at radius 2 is 2.33 bits per heavy atom. The molecule has 1 saturated heterocycles. The van der Waals surface area contributed by atoms with Crippen LogP contribution in [0.25, 0.3) is 0 Å². The van der Waals surface area contributed by atoms with E-state index in [0.717, 1.165) is 50.4 Å². The lowest BCUT2D eigenvalue weighted by Gasteiger charge is -2.39. The number of rotatable bonds is 3. The molecule has 2 aliphatic rings. The van der Waals surface area contributed by atoms with Crippen LogP contribution in [0.4, 0.5) is 0 Å². The second kappa shape index (κ2) is 5.04. The average molecular weight is 286 g/mol. The number of amides is 1. The summed E-state index contributed by atoms with van der Waals surface area (Å²) in [6, 6.07) is 1.82. The van der Waals surface area contributed by atoms with Crippen molar-refractivity contribution in [2.75, 3.05) is 19.6 Å². The Labute approximate surface area is 123 Å². The van der Waals surface area contributed by atoms with Gasteiger partial charge in [0.1, 0.15) is 6.04 Å². The van der Waals surface area contributed by atoms with Crippen molar-refractivity contribution in [3.63, 3.8) is 0 Å². The van der Waals surface area contributed by atoms with Gasteiger partial charge in [-0.3, -0.25) is 9.69 Å². The number of likely N-dealkylation sites (tertiary alicyclic amines) is 1. The van der Waals surface area contributed by atoms with Crippen LogP contribution in [0.3, 0.4) is 0 Å². The number of carbonyl (C=O) groups is 1. The van der Waals surface area contributed by atoms with Crippen LogP contribution >= 0.6 is 0 Å². The Morgan fingerprint density at radius 3 is 3.05 bits per heavy atom. The molecule has 1 fully saturated rings. The van der Waals surface area contributed by atoms with E-state index >= 15 is 0 Å². The number of nitrogens with zero attached hydrogens (tertiary/aromatic N) is 4. The van der Waals surface area contributed by atoms with Crippen LogP contribution in [-0.4, -0.2) is 44.9 Å². The van der Waals surface area contributed by atoms with Crippen LogP contribution in [0.5, 0.6) is 0 Å². The number of fused-ring (bicyclic) bond motifs is 1. The molecule has 0 spiro atoms. The van der Waals surface area contributed by atoms with E-state index in [2.05, 4.69) is 9.88 Å². The van der Waals surface area contributed by atoms with Crippen molar-refractivity contribution in [3.8, 4) is 0 Å². The molecular formula is C15H18N4O2. The largest absolute Gasteiger partial charge is 0.472 e. The van der Waals surface area contributed by atoms with E-state index in [4.69, 9.17) is 4.42 Å². The van der Waals surface area contributed by atoms with Crippen LogP contribution in [-0.2, 0) is 17.9 Å². The number of imidazole rings is 1. The summed E-state index contributed by atoms with van der Waals surface area (Å²) in [6.07, 6.45) is 8.21. The maximum Gasteiger partial charge on any atom is 0.247 e. The minimum Gasteiger partial charge on any atom is -0.472 e. The smallest absolute Gasteiger partial charge is 0.247 e. The van der Waals surface area contributed by atoms with Gasteiger partial charge in [0.2, 0.25) is 5.91 Å². The van der Waals surface area contributed by atoms with Crippen LogP contribution < -0.4 is 0 Å². The minimum absolute atomic E-state index is 0.150. The minimum atomic E-state index is -0.150. The zero-order valence-corrected chi connectivity index (χ0v) is 11.8. The highest BCUT2D eigenvalue weighted by Crippen LogP contribution is 2.25. The normalized spacial score (nSPS) is 21.9. The van der Waals surface area contributed by atoms with E-state index in [9.17, 15) is 4.79 Å². The number of carbonyl (C=O) groups excluding carboxylic acids is 1. The van der Waals surface area contributed by atoms with Crippen LogP contribution in [0.2, 0.25) is 0 Å². The molecule has 4 heterocycles. The monoisotopic (exact) mass is 286 g/mol. The molecule has 0 saturated carbocycles. The summed E-state index contributed by atoms with van der Waals surface area (Å²) in [7, 11) is 0. The lowest BCUT2D eigenvalue weighted by atomic mass is 10.1. The number of hydrogen-bond donors (Lipinski definition) is 0. The molecule has 2 aromatic rings. The molecule has 2 aliphatic heterocycles. The summed E-state index contributed by atoms with van der Waals surface area (Å²) >= 11 is 0. The van der Waals surface area contributed by atoms with Crippen LogP contribution in [0, 0.1) is 0 Å². The number of furan rings is 1. The van der Waals surface area contributed by atoms with Gasteiger partial charge in [0, 0.05) is 44.5 Å². The maximum atomic E-state index is 12.6. The van der Waals surface area contributed by atoms with Gasteiger partial charge < -0.3 is 13.9 Å². The summed E-state index contributed by atoms with van der Waals surface area (Å²) in [5, 5.41) is 0. The van der Waals surface area contributed by atoms with E-state index in [1.165, 1.54) is 0 Å². The Kier molecular flexibility index (Phi) is 3.03. The molecule has 0 aliphatic carbocycles. The quantitative estimate of drug-likeness (QED) is 0.852. The number of aromatic nitrogens is 2. The first-order valence-electron chi connectivity index (χ1n) is 7.34. The van der Waals surface area contributed by atoms with Gasteiger partial charge in [0.05, 0.1) is 24.5 Å². The zero-order valence-electron chi connectivity index (χ0n) is 11.8. The number of hydrogen-bond acceptors (Lipinski definition) is 4. The van der Waals surface area contributed by atoms with E-state index in [1.807, 2.05) is 21.7 Å². The van der Waals surface area contributed by atoms with Gasteiger partial charge in [0.25, 0.3) is 0 Å². The summed E-state index contributed by atoms with van der Waals surface area (Å²) in [5.41, 5.74) is 2.24. The van der Waals surface area contributed by atoms with Gasteiger partial charge in [0.15, 0.2) is 0 Å². The summed E-state index contributed by atoms with van der Waals surface area (Å²) in [5.74, 6) is 0.220. The molecule has 0 N–H and O–H groups in total. The molecule has 2 aromatic heterocycles. The standard InChI is InChI=1S/C15H18N4O2/c20-15(18-3-1-4-18)14-9-17(7-12-2-5-21-10-12)8-13-6-16-11-19(13)14/h2,5-6,10-11,14H,1,3-4,7-9H2/t14-/m0/s1. The highest BCUT2D eigenvalue weighted by atomic mass is 16.3. The first-order valence-corrected chi connectivity index (χ1v) is 7.34. The highest BCUT2D eigenvalue weighted by Gasteiger charge is 2.34. The van der Waals surface area contributed by atoms with Crippen LogP contribution in [0.1, 0.15) is 23.7 Å². The lowest BCUT2D eigenvalue weighted by Crippen LogP contribution is -2.50. The fraction of sp³-hybridized carbons (Fsp3) is 0.467. The van der Waals surface area contributed by atoms with E-state index in [1.54, 1.807) is 18.9 Å². The first kappa shape index (κ1) is 12.6. The Bertz CT molecular complexity index is 630. The van der Waals surface area contributed by atoms with E-state index in [0.29, 0.717) is 0 Å². The van der Waals surface area contributed by atoms with Gasteiger partial charge in [-0.1, -0.05) is 0 Å². The van der Waals surface area contributed by atoms with Gasteiger partial charge in [-0.05, 0) is 12.5 Å². The molecule has 1 atom stereocenters. The Balaban J connectivity index is 1.56. The molecule has 6 heteroatoms. The average Bonchev–Trinajstić information content (AvgIpc) is 3.06. The Morgan fingerprint density at radius 1 is 1.43 bits per heavy atom. The second-order valence-electron chi connectivity index (χ2n) is 5.79. The summed E-state index contributed by atoms with van der Waals surface area (Å²) < 4.78 is 7.16. The molecule has 110 valence electrons. The van der Waals surface area contributed by atoms with Gasteiger partial charge >= 0.3 is 0 Å². The predicted octanol–water partition coefficient (Wildman–Crippen LogP) is 1.27. The molecule has 4 rings (SSSR count). The summed E-state index contributed by atoms with van der Waals surface area (Å²) in [4.78, 5) is 21.1. The van der Waals surface area contributed by atoms with E-state index < -0.39 is 0 Å². The highest BCUT2D eigenvalue weighted by molar-refractivity contribution is 5.81. The SMILES string of the molecule is O=C([C@@H]1CN(Cc2ccoc2)Cc2cncn21)N1CCC1. The van der Waals surface area contributed by atoms with Crippen molar-refractivity contribution in [3.05, 3.63) is 42.4 Å². The van der Waals surface area contributed by atoms with E-state index in [-0.39, 0.29) is 11.9 Å². The van der Waals surface area contributed by atoms with Crippen molar-refractivity contribution >= 4 is 5.91 Å². The molecule has 6 nitrogen and oxygen atoms in total. The Hall–Kier alpha value is -2.08. The van der Waals surface area contributed by atoms with Gasteiger partial charge in [-0.25, -0.2) is 4.98 Å². The molecule has 1 amide bonds. The van der Waals surface area contributed by atoms with Gasteiger partial charge in [-0.15, -0.1) is 0 Å². The zero-order chi connectivity index (χ0) is 14.2. The lowest BCUT2D eigenvalue weighted by molar-refractivity contribution is -0.139. The molecule has 0 radical (unpaired) electrons. The first-order chi connectivity index (χ1) is 10.3. The van der Waals surface area contributed by atoms with Crippen LogP contribution in [0.15, 0.2) is 35.5 Å².